The first-order valence-electron chi connectivity index (χ1n) is 8.28. The minimum Gasteiger partial charge on any atom is -0.493 e. The quantitative estimate of drug-likeness (QED) is 0.794. The molecule has 0 unspecified atom stereocenters. The molecule has 7 heteroatoms. The number of amides is 1. The summed E-state index contributed by atoms with van der Waals surface area (Å²) < 4.78 is 25.0. The zero-order valence-corrected chi connectivity index (χ0v) is 13.9. The van der Waals surface area contributed by atoms with Crippen molar-refractivity contribution in [1.82, 2.24) is 14.9 Å². The molecule has 0 spiro atoms. The maximum Gasteiger partial charge on any atom is 0.272 e. The van der Waals surface area contributed by atoms with E-state index >= 15 is 0 Å². The van der Waals surface area contributed by atoms with Crippen molar-refractivity contribution in [3.05, 3.63) is 53.9 Å². The molecule has 0 saturated heterocycles. The normalized spacial score (nSPS) is 16.1. The van der Waals surface area contributed by atoms with Gasteiger partial charge in [0.2, 0.25) is 0 Å². The molecule has 25 heavy (non-hydrogen) atoms. The molecule has 0 saturated carbocycles. The van der Waals surface area contributed by atoms with E-state index in [1.54, 1.807) is 17.0 Å². The number of fused-ring (bicyclic) bond motifs is 1. The highest BCUT2D eigenvalue weighted by Gasteiger charge is 2.20. The number of hydrogen-bond donors (Lipinski definition) is 0. The van der Waals surface area contributed by atoms with Crippen LogP contribution in [-0.2, 0) is 11.3 Å². The average molecular weight is 345 g/mol. The van der Waals surface area contributed by atoms with Crippen LogP contribution in [0.5, 0.6) is 5.75 Å². The van der Waals surface area contributed by atoms with E-state index < -0.39 is 0 Å². The monoisotopic (exact) mass is 345 g/mol. The number of aromatic nitrogens is 2. The maximum atomic E-state index is 13.7. The van der Waals surface area contributed by atoms with Crippen LogP contribution in [-0.4, -0.2) is 47.1 Å². The first-order chi connectivity index (χ1) is 12.2. The van der Waals surface area contributed by atoms with Crippen LogP contribution in [0.3, 0.4) is 0 Å². The average Bonchev–Trinajstić information content (AvgIpc) is 2.63. The SMILES string of the molecule is O=C(c1ccncn1)N1CCOCCCCOc2ccc(F)cc2C1. The van der Waals surface area contributed by atoms with Crippen molar-refractivity contribution in [1.29, 1.82) is 0 Å². The lowest BCUT2D eigenvalue weighted by molar-refractivity contribution is 0.0602. The third-order valence-electron chi connectivity index (χ3n) is 3.92. The van der Waals surface area contributed by atoms with E-state index in [0.29, 0.717) is 43.4 Å². The van der Waals surface area contributed by atoms with Crippen molar-refractivity contribution in [2.45, 2.75) is 19.4 Å². The van der Waals surface area contributed by atoms with Gasteiger partial charge < -0.3 is 14.4 Å². The van der Waals surface area contributed by atoms with Gasteiger partial charge in [0.1, 0.15) is 23.6 Å². The highest BCUT2D eigenvalue weighted by molar-refractivity contribution is 5.92. The Morgan fingerprint density at radius 1 is 1.16 bits per heavy atom. The lowest BCUT2D eigenvalue weighted by atomic mass is 10.1. The fourth-order valence-corrected chi connectivity index (χ4v) is 2.61. The number of carbonyl (C=O) groups excluding carboxylic acids is 1. The Balaban J connectivity index is 1.87. The molecular formula is C18H20FN3O3. The summed E-state index contributed by atoms with van der Waals surface area (Å²) in [5.41, 5.74) is 0.920. The second kappa shape index (κ2) is 8.53. The van der Waals surface area contributed by atoms with Crippen LogP contribution in [0.15, 0.2) is 36.8 Å². The summed E-state index contributed by atoms with van der Waals surface area (Å²) in [6.07, 6.45) is 4.58. The lowest BCUT2D eigenvalue weighted by Crippen LogP contribution is -2.34. The van der Waals surface area contributed by atoms with Gasteiger partial charge in [-0.25, -0.2) is 14.4 Å². The molecule has 1 aliphatic rings. The van der Waals surface area contributed by atoms with E-state index in [4.69, 9.17) is 9.47 Å². The molecular weight excluding hydrogens is 325 g/mol. The molecule has 2 heterocycles. The second-order valence-electron chi connectivity index (χ2n) is 5.74. The van der Waals surface area contributed by atoms with Gasteiger partial charge in [-0.1, -0.05) is 0 Å². The molecule has 132 valence electrons. The Hall–Kier alpha value is -2.54. The molecule has 6 nitrogen and oxygen atoms in total. The second-order valence-corrected chi connectivity index (χ2v) is 5.74. The minimum atomic E-state index is -0.361. The Morgan fingerprint density at radius 2 is 2.04 bits per heavy atom. The van der Waals surface area contributed by atoms with Crippen molar-refractivity contribution in [3.63, 3.8) is 0 Å². The first-order valence-corrected chi connectivity index (χ1v) is 8.28. The summed E-state index contributed by atoms with van der Waals surface area (Å²) >= 11 is 0. The molecule has 0 N–H and O–H groups in total. The van der Waals surface area contributed by atoms with Gasteiger partial charge in [0.15, 0.2) is 0 Å². The van der Waals surface area contributed by atoms with Crippen molar-refractivity contribution in [2.24, 2.45) is 0 Å². The Bertz CT molecular complexity index is 712. The third kappa shape index (κ3) is 4.73. The number of carbonyl (C=O) groups is 1. The molecule has 0 fully saturated rings. The predicted octanol–water partition coefficient (Wildman–Crippen LogP) is 2.45. The number of hydrogen-bond acceptors (Lipinski definition) is 5. The Kier molecular flexibility index (Phi) is 5.90. The van der Waals surface area contributed by atoms with Crippen LogP contribution < -0.4 is 4.74 Å². The highest BCUT2D eigenvalue weighted by Crippen LogP contribution is 2.23. The summed E-state index contributed by atoms with van der Waals surface area (Å²) in [6, 6.07) is 5.94. The van der Waals surface area contributed by atoms with Gasteiger partial charge in [-0.3, -0.25) is 4.79 Å². The van der Waals surface area contributed by atoms with E-state index in [1.807, 2.05) is 0 Å². The van der Waals surface area contributed by atoms with Gasteiger partial charge in [-0.15, -0.1) is 0 Å². The molecule has 0 radical (unpaired) electrons. The van der Waals surface area contributed by atoms with Crippen molar-refractivity contribution in [3.8, 4) is 5.75 Å². The van der Waals surface area contributed by atoms with Crippen molar-refractivity contribution in [2.75, 3.05) is 26.4 Å². The van der Waals surface area contributed by atoms with E-state index in [9.17, 15) is 9.18 Å². The van der Waals surface area contributed by atoms with Crippen LogP contribution in [0.1, 0.15) is 28.9 Å². The maximum absolute atomic E-state index is 13.7. The summed E-state index contributed by atoms with van der Waals surface area (Å²) in [6.45, 7) is 2.18. The van der Waals surface area contributed by atoms with Gasteiger partial charge in [0, 0.05) is 31.5 Å². The van der Waals surface area contributed by atoms with Crippen molar-refractivity contribution < 1.29 is 18.7 Å². The number of nitrogens with zero attached hydrogens (tertiary/aromatic N) is 3. The molecule has 0 bridgehead atoms. The van der Waals surface area contributed by atoms with Gasteiger partial charge in [-0.05, 0) is 37.1 Å². The Morgan fingerprint density at radius 3 is 2.88 bits per heavy atom. The largest absolute Gasteiger partial charge is 0.493 e. The van der Waals surface area contributed by atoms with Crippen LogP contribution in [0, 0.1) is 5.82 Å². The van der Waals surface area contributed by atoms with E-state index in [-0.39, 0.29) is 18.3 Å². The molecule has 1 aromatic carbocycles. The van der Waals surface area contributed by atoms with Crippen LogP contribution in [0.4, 0.5) is 4.39 Å². The fourth-order valence-electron chi connectivity index (χ4n) is 2.61. The topological polar surface area (TPSA) is 64.6 Å². The molecule has 1 aliphatic heterocycles. The molecule has 0 atom stereocenters. The lowest BCUT2D eigenvalue weighted by Gasteiger charge is -2.24. The standard InChI is InChI=1S/C18H20FN3O3/c19-15-3-4-17-14(11-15)12-22(7-10-24-8-1-2-9-25-17)18(23)16-5-6-20-13-21-16/h3-6,11,13H,1-2,7-10,12H2. The molecule has 1 amide bonds. The third-order valence-corrected chi connectivity index (χ3v) is 3.92. The van der Waals surface area contributed by atoms with E-state index in [1.165, 1.54) is 24.7 Å². The summed E-state index contributed by atoms with van der Waals surface area (Å²) in [5, 5.41) is 0. The molecule has 0 aliphatic carbocycles. The van der Waals surface area contributed by atoms with Crippen LogP contribution in [0.2, 0.25) is 0 Å². The van der Waals surface area contributed by atoms with Crippen LogP contribution in [0.25, 0.3) is 0 Å². The van der Waals surface area contributed by atoms with E-state index in [2.05, 4.69) is 9.97 Å². The number of benzene rings is 1. The summed E-state index contributed by atoms with van der Waals surface area (Å²) in [4.78, 5) is 22.2. The van der Waals surface area contributed by atoms with Gasteiger partial charge in [0.05, 0.1) is 13.2 Å². The zero-order valence-electron chi connectivity index (χ0n) is 13.9. The molecule has 3 rings (SSSR count). The minimum absolute atomic E-state index is 0.222. The number of ether oxygens (including phenoxy) is 2. The Labute approximate surface area is 145 Å². The van der Waals surface area contributed by atoms with E-state index in [0.717, 1.165) is 12.8 Å². The number of rotatable bonds is 1. The highest BCUT2D eigenvalue weighted by atomic mass is 19.1. The zero-order chi connectivity index (χ0) is 17.5. The van der Waals surface area contributed by atoms with Gasteiger partial charge >= 0.3 is 0 Å². The van der Waals surface area contributed by atoms with Crippen LogP contribution >= 0.6 is 0 Å². The smallest absolute Gasteiger partial charge is 0.272 e. The first kappa shape index (κ1) is 17.3. The van der Waals surface area contributed by atoms with Gasteiger partial charge in [0.25, 0.3) is 5.91 Å². The molecule has 1 aromatic heterocycles. The molecule has 2 aromatic rings. The fraction of sp³-hybridized carbons (Fsp3) is 0.389. The summed E-state index contributed by atoms with van der Waals surface area (Å²) in [5.74, 6) is -0.0122. The predicted molar refractivity (Wildman–Crippen MR) is 88.7 cm³/mol. The van der Waals surface area contributed by atoms with Gasteiger partial charge in [-0.2, -0.15) is 0 Å². The van der Waals surface area contributed by atoms with Crippen molar-refractivity contribution >= 4 is 5.91 Å². The summed E-state index contributed by atoms with van der Waals surface area (Å²) in [7, 11) is 0. The number of halogens is 1.